The summed E-state index contributed by atoms with van der Waals surface area (Å²) < 4.78 is 22.1. The summed E-state index contributed by atoms with van der Waals surface area (Å²) in [7, 11) is -4.23. The van der Waals surface area contributed by atoms with Crippen molar-refractivity contribution in [3.63, 3.8) is 0 Å². The SMILES string of the molecule is CP(C)(=O)/C=C/P(C)(C)=O. The smallest absolute Gasteiger partial charge is 0.103 e. The minimum absolute atomic E-state index is 1.56. The quantitative estimate of drug-likeness (QED) is 0.612. The molecule has 10 heavy (non-hydrogen) atoms. The molecule has 0 aliphatic rings. The van der Waals surface area contributed by atoms with E-state index in [9.17, 15) is 9.13 Å². The highest BCUT2D eigenvalue weighted by atomic mass is 31.2. The van der Waals surface area contributed by atoms with Crippen LogP contribution in [0.25, 0.3) is 0 Å². The summed E-state index contributed by atoms with van der Waals surface area (Å²) >= 11 is 0. The van der Waals surface area contributed by atoms with E-state index >= 15 is 0 Å². The second-order valence-electron chi connectivity index (χ2n) is 3.17. The van der Waals surface area contributed by atoms with Crippen molar-refractivity contribution < 1.29 is 9.13 Å². The summed E-state index contributed by atoms with van der Waals surface area (Å²) in [6, 6.07) is 0. The zero-order valence-electron chi connectivity index (χ0n) is 6.87. The van der Waals surface area contributed by atoms with Crippen molar-refractivity contribution in [1.29, 1.82) is 0 Å². The van der Waals surface area contributed by atoms with E-state index in [1.54, 1.807) is 38.3 Å². The number of hydrogen-bond donors (Lipinski definition) is 0. The summed E-state index contributed by atoms with van der Waals surface area (Å²) in [4.78, 5) is 0. The van der Waals surface area contributed by atoms with Gasteiger partial charge in [0.2, 0.25) is 0 Å². The lowest BCUT2D eigenvalue weighted by molar-refractivity contribution is 0.585. The van der Waals surface area contributed by atoms with E-state index in [4.69, 9.17) is 0 Å². The Morgan fingerprint density at radius 3 is 1.10 bits per heavy atom. The Morgan fingerprint density at radius 1 is 0.800 bits per heavy atom. The van der Waals surface area contributed by atoms with Gasteiger partial charge in [0, 0.05) is 0 Å². The predicted octanol–water partition coefficient (Wildman–Crippen LogP) is 2.70. The first-order chi connectivity index (χ1) is 4.21. The van der Waals surface area contributed by atoms with E-state index in [1.165, 1.54) is 0 Å². The zero-order chi connectivity index (χ0) is 8.41. The Labute approximate surface area is 62.5 Å². The molecule has 0 spiro atoms. The van der Waals surface area contributed by atoms with Crippen molar-refractivity contribution in [2.24, 2.45) is 0 Å². The summed E-state index contributed by atoms with van der Waals surface area (Å²) in [5, 5.41) is 0. The number of rotatable bonds is 2. The normalized spacial score (nSPS) is 14.4. The van der Waals surface area contributed by atoms with Crippen molar-refractivity contribution in [2.45, 2.75) is 0 Å². The van der Waals surface area contributed by atoms with Crippen LogP contribution in [0.3, 0.4) is 0 Å². The minimum atomic E-state index is -2.11. The van der Waals surface area contributed by atoms with Gasteiger partial charge in [-0.15, -0.1) is 0 Å². The van der Waals surface area contributed by atoms with Gasteiger partial charge in [0.05, 0.1) is 0 Å². The molecule has 0 N–H and O–H groups in total. The molecule has 0 atom stereocenters. The van der Waals surface area contributed by atoms with E-state index in [1.807, 2.05) is 0 Å². The second kappa shape index (κ2) is 3.07. The summed E-state index contributed by atoms with van der Waals surface area (Å²) in [6.45, 7) is 6.61. The first-order valence-electron chi connectivity index (χ1n) is 3.00. The van der Waals surface area contributed by atoms with E-state index in [0.29, 0.717) is 0 Å². The fourth-order valence-electron chi connectivity index (χ4n) is 0.321. The van der Waals surface area contributed by atoms with Crippen LogP contribution in [0.2, 0.25) is 0 Å². The van der Waals surface area contributed by atoms with Gasteiger partial charge < -0.3 is 9.13 Å². The van der Waals surface area contributed by atoms with Gasteiger partial charge in [-0.2, -0.15) is 0 Å². The molecule has 0 aliphatic carbocycles. The van der Waals surface area contributed by atoms with Gasteiger partial charge in [-0.1, -0.05) is 0 Å². The molecule has 0 aromatic heterocycles. The van der Waals surface area contributed by atoms with Crippen molar-refractivity contribution >= 4 is 14.3 Å². The number of hydrogen-bond acceptors (Lipinski definition) is 2. The van der Waals surface area contributed by atoms with Crippen LogP contribution in [-0.4, -0.2) is 26.7 Å². The Morgan fingerprint density at radius 2 is 1.00 bits per heavy atom. The first-order valence-corrected chi connectivity index (χ1v) is 8.34. The van der Waals surface area contributed by atoms with Crippen LogP contribution in [0.15, 0.2) is 11.6 Å². The van der Waals surface area contributed by atoms with Gasteiger partial charge in [-0.05, 0) is 38.3 Å². The lowest BCUT2D eigenvalue weighted by atomic mass is 11.2. The summed E-state index contributed by atoms with van der Waals surface area (Å²) in [5.74, 6) is 3.13. The molecular weight excluding hydrogens is 166 g/mol. The monoisotopic (exact) mass is 180 g/mol. The molecular formula is C6H14O2P2. The highest BCUT2D eigenvalue weighted by molar-refractivity contribution is 7.69. The Kier molecular flexibility index (Phi) is 3.13. The van der Waals surface area contributed by atoms with Gasteiger partial charge in [0.25, 0.3) is 0 Å². The average Bonchev–Trinajstić information content (AvgIpc) is 1.57. The third-order valence-electron chi connectivity index (χ3n) is 0.785. The predicted molar refractivity (Wildman–Crippen MR) is 48.0 cm³/mol. The third kappa shape index (κ3) is 8.20. The lowest BCUT2D eigenvalue weighted by Gasteiger charge is -1.99. The molecule has 0 aromatic carbocycles. The largest absolute Gasteiger partial charge is 0.320 e. The summed E-state index contributed by atoms with van der Waals surface area (Å²) in [6.07, 6.45) is 0. The molecule has 0 fully saturated rings. The van der Waals surface area contributed by atoms with Crippen LogP contribution in [0, 0.1) is 0 Å². The Balaban J connectivity index is 4.31. The highest BCUT2D eigenvalue weighted by Crippen LogP contribution is 2.45. The molecule has 0 heterocycles. The van der Waals surface area contributed by atoms with Crippen molar-refractivity contribution in [2.75, 3.05) is 26.7 Å². The molecule has 4 heteroatoms. The maximum Gasteiger partial charge on any atom is 0.103 e. The van der Waals surface area contributed by atoms with Gasteiger partial charge in [0.1, 0.15) is 14.3 Å². The average molecular weight is 180 g/mol. The van der Waals surface area contributed by atoms with Crippen molar-refractivity contribution in [1.82, 2.24) is 0 Å². The van der Waals surface area contributed by atoms with Gasteiger partial charge in [0.15, 0.2) is 0 Å². The molecule has 0 aromatic rings. The molecule has 60 valence electrons. The van der Waals surface area contributed by atoms with E-state index < -0.39 is 14.3 Å². The molecule has 0 rings (SSSR count). The molecule has 0 saturated heterocycles. The van der Waals surface area contributed by atoms with Crippen LogP contribution in [0.5, 0.6) is 0 Å². The lowest BCUT2D eigenvalue weighted by Crippen LogP contribution is -1.69. The fraction of sp³-hybridized carbons (Fsp3) is 0.667. The van der Waals surface area contributed by atoms with Crippen LogP contribution >= 0.6 is 14.3 Å². The Bertz CT molecular complexity index is 194. The highest BCUT2D eigenvalue weighted by Gasteiger charge is 2.04. The first kappa shape index (κ1) is 10.2. The standard InChI is InChI=1S/C6H14O2P2/c1-9(2,7)5-6-10(3,4)8/h5-6H,1-4H3/b6-5+. The van der Waals surface area contributed by atoms with E-state index in [2.05, 4.69) is 0 Å². The zero-order valence-corrected chi connectivity index (χ0v) is 8.65. The molecule has 0 saturated carbocycles. The molecule has 2 nitrogen and oxygen atoms in total. The molecule has 0 bridgehead atoms. The Hall–Kier alpha value is 0.200. The van der Waals surface area contributed by atoms with Gasteiger partial charge >= 0.3 is 0 Å². The van der Waals surface area contributed by atoms with Gasteiger partial charge in [-0.3, -0.25) is 0 Å². The molecule has 0 aliphatic heterocycles. The topological polar surface area (TPSA) is 34.1 Å². The molecule has 0 unspecified atom stereocenters. The maximum absolute atomic E-state index is 11.1. The van der Waals surface area contributed by atoms with Crippen LogP contribution in [-0.2, 0) is 9.13 Å². The van der Waals surface area contributed by atoms with E-state index in [0.717, 1.165) is 0 Å². The van der Waals surface area contributed by atoms with Gasteiger partial charge in [-0.25, -0.2) is 0 Å². The minimum Gasteiger partial charge on any atom is -0.320 e. The van der Waals surface area contributed by atoms with E-state index in [-0.39, 0.29) is 0 Å². The van der Waals surface area contributed by atoms with Crippen molar-refractivity contribution in [3.05, 3.63) is 11.6 Å². The molecule has 0 amide bonds. The maximum atomic E-state index is 11.1. The second-order valence-corrected chi connectivity index (χ2v) is 9.50. The van der Waals surface area contributed by atoms with Crippen molar-refractivity contribution in [3.8, 4) is 0 Å². The van der Waals surface area contributed by atoms with Crippen LogP contribution < -0.4 is 0 Å². The molecule has 0 radical (unpaired) electrons. The fourth-order valence-corrected chi connectivity index (χ4v) is 2.89. The van der Waals surface area contributed by atoms with Crippen LogP contribution in [0.4, 0.5) is 0 Å². The summed E-state index contributed by atoms with van der Waals surface area (Å²) in [5.41, 5.74) is 0. The van der Waals surface area contributed by atoms with Crippen LogP contribution in [0.1, 0.15) is 0 Å². The third-order valence-corrected chi connectivity index (χ3v) is 2.75.